The van der Waals surface area contributed by atoms with Crippen LogP contribution in [-0.2, 0) is 10.0 Å². The first-order valence-corrected chi connectivity index (χ1v) is 9.11. The van der Waals surface area contributed by atoms with Gasteiger partial charge in [0.15, 0.2) is 0 Å². The van der Waals surface area contributed by atoms with Crippen molar-refractivity contribution < 1.29 is 8.42 Å². The van der Waals surface area contributed by atoms with E-state index < -0.39 is 10.0 Å². The van der Waals surface area contributed by atoms with E-state index in [1.807, 2.05) is 42.5 Å². The zero-order valence-corrected chi connectivity index (χ0v) is 13.8. The standard InChI is InChI=1S/C17H16N4O2S/c1-24(22,23)21-15-9-5-8-14(10-15)20-17-11-16(18-12-19-17)13-6-3-2-4-7-13/h2-12,21H,1H3,(H,18,19,20). The van der Waals surface area contributed by atoms with E-state index in [1.54, 1.807) is 18.2 Å². The average Bonchev–Trinajstić information content (AvgIpc) is 2.55. The van der Waals surface area contributed by atoms with Crippen LogP contribution in [-0.4, -0.2) is 24.6 Å². The van der Waals surface area contributed by atoms with E-state index in [-0.39, 0.29) is 0 Å². The molecule has 6 nitrogen and oxygen atoms in total. The maximum absolute atomic E-state index is 11.3. The minimum absolute atomic E-state index is 0.486. The van der Waals surface area contributed by atoms with Crippen LogP contribution < -0.4 is 10.0 Å². The Kier molecular flexibility index (Phi) is 4.43. The van der Waals surface area contributed by atoms with Gasteiger partial charge in [0.2, 0.25) is 10.0 Å². The largest absolute Gasteiger partial charge is 0.340 e. The lowest BCUT2D eigenvalue weighted by Crippen LogP contribution is -2.09. The molecule has 1 aromatic heterocycles. The molecule has 0 spiro atoms. The summed E-state index contributed by atoms with van der Waals surface area (Å²) < 4.78 is 25.1. The SMILES string of the molecule is CS(=O)(=O)Nc1cccc(Nc2cc(-c3ccccc3)ncn2)c1. The lowest BCUT2D eigenvalue weighted by molar-refractivity contribution is 0.607. The van der Waals surface area contributed by atoms with E-state index in [2.05, 4.69) is 20.0 Å². The van der Waals surface area contributed by atoms with Gasteiger partial charge in [-0.05, 0) is 18.2 Å². The predicted octanol–water partition coefficient (Wildman–Crippen LogP) is 3.26. The van der Waals surface area contributed by atoms with Gasteiger partial charge in [-0.25, -0.2) is 18.4 Å². The normalized spacial score (nSPS) is 11.0. The Morgan fingerprint density at radius 1 is 0.875 bits per heavy atom. The van der Waals surface area contributed by atoms with Crippen LogP contribution in [0.3, 0.4) is 0 Å². The second-order valence-electron chi connectivity index (χ2n) is 5.23. The fourth-order valence-corrected chi connectivity index (χ4v) is 2.77. The monoisotopic (exact) mass is 340 g/mol. The van der Waals surface area contributed by atoms with Gasteiger partial charge in [-0.15, -0.1) is 0 Å². The summed E-state index contributed by atoms with van der Waals surface area (Å²) in [5.74, 6) is 0.625. The van der Waals surface area contributed by atoms with Crippen molar-refractivity contribution >= 4 is 27.2 Å². The summed E-state index contributed by atoms with van der Waals surface area (Å²) >= 11 is 0. The number of hydrogen-bond acceptors (Lipinski definition) is 5. The van der Waals surface area contributed by atoms with Gasteiger partial charge in [-0.2, -0.15) is 0 Å². The molecule has 0 aliphatic heterocycles. The lowest BCUT2D eigenvalue weighted by atomic mass is 10.1. The van der Waals surface area contributed by atoms with Gasteiger partial charge in [0, 0.05) is 17.3 Å². The highest BCUT2D eigenvalue weighted by Crippen LogP contribution is 2.22. The Labute approximate surface area is 140 Å². The molecule has 0 saturated carbocycles. The number of aromatic nitrogens is 2. The fourth-order valence-electron chi connectivity index (χ4n) is 2.21. The van der Waals surface area contributed by atoms with E-state index >= 15 is 0 Å². The minimum atomic E-state index is -3.31. The Bertz CT molecular complexity index is 944. The van der Waals surface area contributed by atoms with Gasteiger partial charge in [-0.3, -0.25) is 4.72 Å². The molecule has 0 aliphatic rings. The molecule has 3 aromatic rings. The lowest BCUT2D eigenvalue weighted by Gasteiger charge is -2.09. The second-order valence-corrected chi connectivity index (χ2v) is 6.98. The van der Waals surface area contributed by atoms with Crippen molar-refractivity contribution in [3.63, 3.8) is 0 Å². The summed E-state index contributed by atoms with van der Waals surface area (Å²) in [7, 11) is -3.31. The molecule has 24 heavy (non-hydrogen) atoms. The van der Waals surface area contributed by atoms with Gasteiger partial charge in [0.05, 0.1) is 17.6 Å². The van der Waals surface area contributed by atoms with Gasteiger partial charge in [-0.1, -0.05) is 36.4 Å². The minimum Gasteiger partial charge on any atom is -0.340 e. The van der Waals surface area contributed by atoms with Crippen molar-refractivity contribution in [2.45, 2.75) is 0 Å². The first-order chi connectivity index (χ1) is 11.5. The van der Waals surface area contributed by atoms with Crippen LogP contribution in [0, 0.1) is 0 Å². The Morgan fingerprint density at radius 2 is 1.62 bits per heavy atom. The molecule has 2 aromatic carbocycles. The molecule has 0 fully saturated rings. The number of anilines is 3. The van der Waals surface area contributed by atoms with Crippen LogP contribution >= 0.6 is 0 Å². The van der Waals surface area contributed by atoms with Crippen LogP contribution in [0.15, 0.2) is 67.0 Å². The molecule has 0 saturated heterocycles. The first-order valence-electron chi connectivity index (χ1n) is 7.22. The first kappa shape index (κ1) is 15.9. The summed E-state index contributed by atoms with van der Waals surface area (Å²) in [4.78, 5) is 8.48. The molecule has 1 heterocycles. The summed E-state index contributed by atoms with van der Waals surface area (Å²) in [5, 5.41) is 3.15. The molecule has 0 aliphatic carbocycles. The Hall–Kier alpha value is -2.93. The molecule has 7 heteroatoms. The average molecular weight is 340 g/mol. The van der Waals surface area contributed by atoms with Crippen molar-refractivity contribution in [1.29, 1.82) is 0 Å². The number of hydrogen-bond donors (Lipinski definition) is 2. The third-order valence-electron chi connectivity index (χ3n) is 3.17. The summed E-state index contributed by atoms with van der Waals surface area (Å²) in [6, 6.07) is 18.6. The quantitative estimate of drug-likeness (QED) is 0.745. The van der Waals surface area contributed by atoms with Crippen molar-refractivity contribution in [1.82, 2.24) is 9.97 Å². The fraction of sp³-hybridized carbons (Fsp3) is 0.0588. The van der Waals surface area contributed by atoms with Crippen molar-refractivity contribution in [3.8, 4) is 11.3 Å². The molecule has 0 amide bonds. The summed E-state index contributed by atoms with van der Waals surface area (Å²) in [6.07, 6.45) is 2.60. The number of sulfonamides is 1. The Balaban J connectivity index is 1.83. The van der Waals surface area contributed by atoms with Crippen molar-refractivity contribution in [2.75, 3.05) is 16.3 Å². The predicted molar refractivity (Wildman–Crippen MR) is 95.7 cm³/mol. The molecule has 0 atom stereocenters. The highest BCUT2D eigenvalue weighted by atomic mass is 32.2. The van der Waals surface area contributed by atoms with Gasteiger partial charge in [0.1, 0.15) is 12.1 Å². The molecule has 3 rings (SSSR count). The van der Waals surface area contributed by atoms with Crippen LogP contribution in [0.25, 0.3) is 11.3 Å². The highest BCUT2D eigenvalue weighted by Gasteiger charge is 2.05. The molecule has 0 bridgehead atoms. The van der Waals surface area contributed by atoms with E-state index in [9.17, 15) is 8.42 Å². The van der Waals surface area contributed by atoms with Crippen LogP contribution in [0.2, 0.25) is 0 Å². The van der Waals surface area contributed by atoms with E-state index in [4.69, 9.17) is 0 Å². The molecule has 0 radical (unpaired) electrons. The summed E-state index contributed by atoms with van der Waals surface area (Å²) in [5.41, 5.74) is 3.01. The molecule has 122 valence electrons. The smallest absolute Gasteiger partial charge is 0.229 e. The van der Waals surface area contributed by atoms with E-state index in [1.165, 1.54) is 6.33 Å². The van der Waals surface area contributed by atoms with Crippen LogP contribution in [0.5, 0.6) is 0 Å². The van der Waals surface area contributed by atoms with Crippen LogP contribution in [0.1, 0.15) is 0 Å². The van der Waals surface area contributed by atoms with E-state index in [0.29, 0.717) is 11.5 Å². The topological polar surface area (TPSA) is 84.0 Å². The summed E-state index contributed by atoms with van der Waals surface area (Å²) in [6.45, 7) is 0. The van der Waals surface area contributed by atoms with Gasteiger partial charge >= 0.3 is 0 Å². The van der Waals surface area contributed by atoms with E-state index in [0.717, 1.165) is 23.2 Å². The zero-order chi connectivity index (χ0) is 17.0. The molecule has 0 unspecified atom stereocenters. The van der Waals surface area contributed by atoms with Crippen LogP contribution in [0.4, 0.5) is 17.2 Å². The van der Waals surface area contributed by atoms with Gasteiger partial charge in [0.25, 0.3) is 0 Å². The number of nitrogens with zero attached hydrogens (tertiary/aromatic N) is 2. The zero-order valence-electron chi connectivity index (χ0n) is 13.0. The van der Waals surface area contributed by atoms with Gasteiger partial charge < -0.3 is 5.32 Å². The molecular weight excluding hydrogens is 324 g/mol. The van der Waals surface area contributed by atoms with Crippen molar-refractivity contribution in [2.24, 2.45) is 0 Å². The third kappa shape index (κ3) is 4.30. The van der Waals surface area contributed by atoms with Crippen molar-refractivity contribution in [3.05, 3.63) is 67.0 Å². The molecular formula is C17H16N4O2S. The maximum atomic E-state index is 11.3. The number of rotatable bonds is 5. The molecule has 2 N–H and O–H groups in total. The number of benzene rings is 2. The second kappa shape index (κ2) is 6.67. The maximum Gasteiger partial charge on any atom is 0.229 e. The highest BCUT2D eigenvalue weighted by molar-refractivity contribution is 7.92. The Morgan fingerprint density at radius 3 is 2.38 bits per heavy atom. The third-order valence-corrected chi connectivity index (χ3v) is 3.78. The number of nitrogens with one attached hydrogen (secondary N) is 2.